The first kappa shape index (κ1) is 23.1. The number of hydrogen-bond donors (Lipinski definition) is 1. The van der Waals surface area contributed by atoms with E-state index in [1.54, 1.807) is 12.1 Å². The molecule has 0 aromatic heterocycles. The molecule has 148 valence electrons. The number of benzene rings is 1. The second kappa shape index (κ2) is 12.5. The van der Waals surface area contributed by atoms with Crippen molar-refractivity contribution in [1.29, 1.82) is 0 Å². The molecule has 1 unspecified atom stereocenters. The topological polar surface area (TPSA) is 30.9 Å². The molecule has 0 saturated carbocycles. The van der Waals surface area contributed by atoms with Gasteiger partial charge < -0.3 is 15.1 Å². The summed E-state index contributed by atoms with van der Waals surface area (Å²) in [6.45, 7) is 10.9. The van der Waals surface area contributed by atoms with Crippen LogP contribution in [-0.2, 0) is 6.42 Å². The van der Waals surface area contributed by atoms with Gasteiger partial charge in [0, 0.05) is 33.2 Å². The molecule has 6 heteroatoms. The number of nitrogens with one attached hydrogen (secondary N) is 1. The zero-order chi connectivity index (χ0) is 18.1. The molecule has 2 rings (SSSR count). The molecule has 1 fully saturated rings. The molecule has 1 aromatic rings. The van der Waals surface area contributed by atoms with Gasteiger partial charge in [-0.05, 0) is 56.0 Å². The van der Waals surface area contributed by atoms with Crippen molar-refractivity contribution in [3.63, 3.8) is 0 Å². The van der Waals surface area contributed by atoms with Gasteiger partial charge in [0.05, 0.1) is 0 Å². The highest BCUT2D eigenvalue weighted by atomic mass is 127. The van der Waals surface area contributed by atoms with E-state index in [2.05, 4.69) is 34.0 Å². The van der Waals surface area contributed by atoms with E-state index in [1.165, 1.54) is 19.0 Å². The fourth-order valence-electron chi connectivity index (χ4n) is 3.54. The van der Waals surface area contributed by atoms with Gasteiger partial charge in [0.25, 0.3) is 0 Å². The van der Waals surface area contributed by atoms with Crippen LogP contribution in [0, 0.1) is 11.7 Å². The van der Waals surface area contributed by atoms with Gasteiger partial charge in [-0.15, -0.1) is 24.0 Å². The highest BCUT2D eigenvalue weighted by Gasteiger charge is 2.25. The molecule has 0 amide bonds. The van der Waals surface area contributed by atoms with Crippen molar-refractivity contribution in [2.75, 3.05) is 46.3 Å². The largest absolute Gasteiger partial charge is 0.356 e. The molecule has 1 aliphatic heterocycles. The summed E-state index contributed by atoms with van der Waals surface area (Å²) in [6, 6.07) is 6.87. The first-order valence-corrected chi connectivity index (χ1v) is 9.58. The Morgan fingerprint density at radius 3 is 2.77 bits per heavy atom. The highest BCUT2D eigenvalue weighted by molar-refractivity contribution is 14.0. The van der Waals surface area contributed by atoms with Crippen LogP contribution >= 0.6 is 24.0 Å². The first-order valence-electron chi connectivity index (χ1n) is 9.58. The van der Waals surface area contributed by atoms with Crippen molar-refractivity contribution in [3.8, 4) is 0 Å². The molecule has 1 N–H and O–H groups in total. The summed E-state index contributed by atoms with van der Waals surface area (Å²) in [6.07, 6.45) is 3.09. The number of guanidine groups is 1. The molecule has 1 aromatic carbocycles. The van der Waals surface area contributed by atoms with E-state index in [9.17, 15) is 4.39 Å². The monoisotopic (exact) mass is 476 g/mol. The van der Waals surface area contributed by atoms with Gasteiger partial charge in [-0.1, -0.05) is 26.0 Å². The fraction of sp³-hybridized carbons (Fsp3) is 0.650. The molecule has 1 atom stereocenters. The summed E-state index contributed by atoms with van der Waals surface area (Å²) in [5.41, 5.74) is 1.05. The number of rotatable bonds is 8. The zero-order valence-electron chi connectivity index (χ0n) is 16.4. The van der Waals surface area contributed by atoms with E-state index in [0.29, 0.717) is 0 Å². The lowest BCUT2D eigenvalue weighted by atomic mass is 10.1. The van der Waals surface area contributed by atoms with Crippen LogP contribution in [0.5, 0.6) is 0 Å². The Kier molecular flexibility index (Phi) is 11.1. The Bertz CT molecular complexity index is 548. The van der Waals surface area contributed by atoms with Crippen LogP contribution in [0.25, 0.3) is 0 Å². The maximum absolute atomic E-state index is 13.2. The smallest absolute Gasteiger partial charge is 0.193 e. The normalized spacial score (nSPS) is 17.5. The Hall–Kier alpha value is -0.890. The first-order chi connectivity index (χ1) is 12.2. The number of aryl methyl sites for hydroxylation is 1. The molecule has 26 heavy (non-hydrogen) atoms. The van der Waals surface area contributed by atoms with E-state index in [-0.39, 0.29) is 29.8 Å². The van der Waals surface area contributed by atoms with E-state index in [0.717, 1.165) is 63.0 Å². The average Bonchev–Trinajstić information content (AvgIpc) is 3.08. The summed E-state index contributed by atoms with van der Waals surface area (Å²) < 4.78 is 13.2. The predicted molar refractivity (Wildman–Crippen MR) is 119 cm³/mol. The third-order valence-corrected chi connectivity index (χ3v) is 5.02. The van der Waals surface area contributed by atoms with E-state index in [1.807, 2.05) is 13.1 Å². The average molecular weight is 476 g/mol. The third-order valence-electron chi connectivity index (χ3n) is 5.02. The molecule has 1 heterocycles. The lowest BCUT2D eigenvalue weighted by Gasteiger charge is -2.24. The van der Waals surface area contributed by atoms with Gasteiger partial charge in [-0.3, -0.25) is 4.99 Å². The van der Waals surface area contributed by atoms with Crippen LogP contribution in [0.4, 0.5) is 4.39 Å². The molecule has 0 bridgehead atoms. The van der Waals surface area contributed by atoms with Gasteiger partial charge in [-0.25, -0.2) is 4.39 Å². The minimum atomic E-state index is -0.155. The van der Waals surface area contributed by atoms with Crippen molar-refractivity contribution >= 4 is 29.9 Å². The second-order valence-electron chi connectivity index (χ2n) is 6.79. The number of halogens is 2. The summed E-state index contributed by atoms with van der Waals surface area (Å²) >= 11 is 0. The molecular formula is C20H34FIN4. The Morgan fingerprint density at radius 1 is 1.35 bits per heavy atom. The third kappa shape index (κ3) is 7.39. The molecule has 0 aliphatic carbocycles. The minimum absolute atomic E-state index is 0. The van der Waals surface area contributed by atoms with Crippen LogP contribution in [0.3, 0.4) is 0 Å². The summed E-state index contributed by atoms with van der Waals surface area (Å²) in [5.74, 6) is 1.57. The Labute approximate surface area is 175 Å². The van der Waals surface area contributed by atoms with Crippen LogP contribution < -0.4 is 5.32 Å². The maximum atomic E-state index is 13.2. The number of aliphatic imine (C=N–C) groups is 1. The van der Waals surface area contributed by atoms with Crippen molar-refractivity contribution in [3.05, 3.63) is 35.6 Å². The minimum Gasteiger partial charge on any atom is -0.356 e. The lowest BCUT2D eigenvalue weighted by Crippen LogP contribution is -2.41. The molecule has 4 nitrogen and oxygen atoms in total. The van der Waals surface area contributed by atoms with Crippen LogP contribution in [-0.4, -0.2) is 62.1 Å². The van der Waals surface area contributed by atoms with Gasteiger partial charge in [0.2, 0.25) is 0 Å². The van der Waals surface area contributed by atoms with Gasteiger partial charge >= 0.3 is 0 Å². The molecule has 0 spiro atoms. The lowest BCUT2D eigenvalue weighted by molar-refractivity contribution is 0.255. The maximum Gasteiger partial charge on any atom is 0.193 e. The van der Waals surface area contributed by atoms with Crippen molar-refractivity contribution in [1.82, 2.24) is 15.1 Å². The molecule has 0 radical (unpaired) electrons. The van der Waals surface area contributed by atoms with Crippen molar-refractivity contribution < 1.29 is 4.39 Å². The van der Waals surface area contributed by atoms with Crippen LogP contribution in [0.2, 0.25) is 0 Å². The molecular weight excluding hydrogens is 442 g/mol. The number of hydrogen-bond acceptors (Lipinski definition) is 2. The highest BCUT2D eigenvalue weighted by Crippen LogP contribution is 2.17. The van der Waals surface area contributed by atoms with E-state index >= 15 is 0 Å². The Balaban J connectivity index is 0.00000338. The fourth-order valence-corrected chi connectivity index (χ4v) is 3.54. The number of nitrogens with zero attached hydrogens (tertiary/aromatic N) is 3. The summed E-state index contributed by atoms with van der Waals surface area (Å²) in [5, 5.41) is 3.47. The molecule has 1 aliphatic rings. The van der Waals surface area contributed by atoms with Gasteiger partial charge in [0.15, 0.2) is 5.96 Å². The van der Waals surface area contributed by atoms with E-state index < -0.39 is 0 Å². The van der Waals surface area contributed by atoms with Gasteiger partial charge in [-0.2, -0.15) is 0 Å². The standard InChI is InChI=1S/C20H33FN4.HI/c1-4-24(5-2)15-18-11-13-25(16-18)20(22-3)23-12-7-9-17-8-6-10-19(21)14-17;/h6,8,10,14,18H,4-5,7,9,11-13,15-16H2,1-3H3,(H,22,23);1H. The predicted octanol–water partition coefficient (Wildman–Crippen LogP) is 3.62. The SMILES string of the molecule is CCN(CC)CC1CCN(C(=NC)NCCCc2cccc(F)c2)C1.I. The summed E-state index contributed by atoms with van der Waals surface area (Å²) in [7, 11) is 1.85. The van der Waals surface area contributed by atoms with Crippen LogP contribution in [0.15, 0.2) is 29.3 Å². The van der Waals surface area contributed by atoms with E-state index in [4.69, 9.17) is 0 Å². The Morgan fingerprint density at radius 2 is 2.12 bits per heavy atom. The van der Waals surface area contributed by atoms with Crippen molar-refractivity contribution in [2.24, 2.45) is 10.9 Å². The van der Waals surface area contributed by atoms with Gasteiger partial charge in [0.1, 0.15) is 5.82 Å². The summed E-state index contributed by atoms with van der Waals surface area (Å²) in [4.78, 5) is 9.32. The second-order valence-corrected chi connectivity index (χ2v) is 6.79. The quantitative estimate of drug-likeness (QED) is 0.269. The zero-order valence-corrected chi connectivity index (χ0v) is 18.7. The van der Waals surface area contributed by atoms with Crippen molar-refractivity contribution in [2.45, 2.75) is 33.1 Å². The van der Waals surface area contributed by atoms with Crippen LogP contribution in [0.1, 0.15) is 32.3 Å². The molecule has 1 saturated heterocycles. The number of likely N-dealkylation sites (tertiary alicyclic amines) is 1.